The van der Waals surface area contributed by atoms with E-state index in [1.54, 1.807) is 0 Å². The van der Waals surface area contributed by atoms with Crippen molar-refractivity contribution in [2.75, 3.05) is 0 Å². The van der Waals surface area contributed by atoms with Gasteiger partial charge in [-0.05, 0) is 25.2 Å². The van der Waals surface area contributed by atoms with Crippen molar-refractivity contribution >= 4 is 0 Å². The molecule has 0 spiro atoms. The van der Waals surface area contributed by atoms with E-state index in [1.165, 1.54) is 12.8 Å². The maximum absolute atomic E-state index is 9.40. The van der Waals surface area contributed by atoms with Gasteiger partial charge in [-0.15, -0.1) is 0 Å². The molecule has 1 aromatic heterocycles. The highest BCUT2D eigenvalue weighted by Crippen LogP contribution is 2.38. The highest BCUT2D eigenvalue weighted by Gasteiger charge is 2.33. The van der Waals surface area contributed by atoms with E-state index >= 15 is 0 Å². The minimum atomic E-state index is 0.0968. The van der Waals surface area contributed by atoms with Gasteiger partial charge in [-0.25, -0.2) is 9.67 Å². The van der Waals surface area contributed by atoms with Gasteiger partial charge in [0.2, 0.25) is 0 Å². The third kappa shape index (κ3) is 2.80. The molecule has 0 amide bonds. The second-order valence-electron chi connectivity index (χ2n) is 5.49. The summed E-state index contributed by atoms with van der Waals surface area (Å²) in [6.45, 7) is 6.44. The van der Waals surface area contributed by atoms with E-state index in [0.29, 0.717) is 0 Å². The average Bonchev–Trinajstić information content (AvgIpc) is 2.89. The summed E-state index contributed by atoms with van der Waals surface area (Å²) in [5, 5.41) is 14.0. The fourth-order valence-electron chi connectivity index (χ4n) is 3.08. The van der Waals surface area contributed by atoms with E-state index in [0.717, 1.165) is 43.3 Å². The van der Waals surface area contributed by atoms with Gasteiger partial charge in [0.1, 0.15) is 5.82 Å². The van der Waals surface area contributed by atoms with Gasteiger partial charge in [-0.2, -0.15) is 10.4 Å². The molecule has 3 atom stereocenters. The van der Waals surface area contributed by atoms with Gasteiger partial charge >= 0.3 is 0 Å². The zero-order valence-corrected chi connectivity index (χ0v) is 12.3. The van der Waals surface area contributed by atoms with Crippen LogP contribution >= 0.6 is 0 Å². The number of aryl methyl sites for hydroxylation is 2. The fraction of sp³-hybridized carbons (Fsp3) is 0.800. The molecular weight excluding hydrogens is 236 g/mol. The number of rotatable bonds is 4. The van der Waals surface area contributed by atoms with Crippen LogP contribution in [0.25, 0.3) is 0 Å². The molecular formula is C15H24N4. The maximum Gasteiger partial charge on any atom is 0.150 e. The van der Waals surface area contributed by atoms with E-state index in [4.69, 9.17) is 0 Å². The molecule has 0 bridgehead atoms. The van der Waals surface area contributed by atoms with Crippen LogP contribution in [0.5, 0.6) is 0 Å². The van der Waals surface area contributed by atoms with Gasteiger partial charge < -0.3 is 0 Å². The lowest BCUT2D eigenvalue weighted by Gasteiger charge is -2.32. The van der Waals surface area contributed by atoms with Gasteiger partial charge in [-0.3, -0.25) is 0 Å². The first kappa shape index (κ1) is 14.0. The summed E-state index contributed by atoms with van der Waals surface area (Å²) in [5.41, 5.74) is 0. The molecule has 1 aliphatic rings. The second-order valence-corrected chi connectivity index (χ2v) is 5.49. The third-order valence-corrected chi connectivity index (χ3v) is 4.36. The van der Waals surface area contributed by atoms with Crippen LogP contribution in [0.1, 0.15) is 64.1 Å². The Morgan fingerprint density at radius 1 is 1.26 bits per heavy atom. The van der Waals surface area contributed by atoms with E-state index < -0.39 is 0 Å². The second kappa shape index (κ2) is 6.18. The van der Waals surface area contributed by atoms with Gasteiger partial charge in [0.05, 0.1) is 18.0 Å². The maximum atomic E-state index is 9.40. The van der Waals surface area contributed by atoms with Crippen molar-refractivity contribution in [2.24, 2.45) is 11.8 Å². The molecule has 1 fully saturated rings. The normalized spacial score (nSPS) is 27.2. The summed E-state index contributed by atoms with van der Waals surface area (Å²) in [6, 6.07) is 2.72. The molecule has 3 unspecified atom stereocenters. The van der Waals surface area contributed by atoms with Crippen molar-refractivity contribution in [1.82, 2.24) is 14.8 Å². The molecule has 2 rings (SSSR count). The Bertz CT molecular complexity index is 457. The van der Waals surface area contributed by atoms with E-state index in [2.05, 4.69) is 41.6 Å². The van der Waals surface area contributed by atoms with Crippen LogP contribution in [-0.4, -0.2) is 14.8 Å². The molecule has 4 nitrogen and oxygen atoms in total. The highest BCUT2D eigenvalue weighted by atomic mass is 15.4. The van der Waals surface area contributed by atoms with Crippen molar-refractivity contribution < 1.29 is 0 Å². The monoisotopic (exact) mass is 260 g/mol. The number of hydrogen-bond acceptors (Lipinski definition) is 3. The lowest BCUT2D eigenvalue weighted by atomic mass is 9.78. The average molecular weight is 260 g/mol. The van der Waals surface area contributed by atoms with Crippen LogP contribution in [0, 0.1) is 23.2 Å². The summed E-state index contributed by atoms with van der Waals surface area (Å²) in [6.07, 6.45) is 6.21. The zero-order chi connectivity index (χ0) is 13.8. The smallest absolute Gasteiger partial charge is 0.150 e. The first-order valence-electron chi connectivity index (χ1n) is 7.57. The summed E-state index contributed by atoms with van der Waals surface area (Å²) in [7, 11) is 0. The first-order valence-corrected chi connectivity index (χ1v) is 7.57. The summed E-state index contributed by atoms with van der Waals surface area (Å²) >= 11 is 0. The lowest BCUT2D eigenvalue weighted by Crippen LogP contribution is -2.28. The molecule has 1 saturated carbocycles. The molecule has 1 heterocycles. The topological polar surface area (TPSA) is 54.5 Å². The molecule has 0 N–H and O–H groups in total. The van der Waals surface area contributed by atoms with Crippen LogP contribution in [0.2, 0.25) is 0 Å². The van der Waals surface area contributed by atoms with Crippen molar-refractivity contribution in [2.45, 2.75) is 65.3 Å². The van der Waals surface area contributed by atoms with Crippen molar-refractivity contribution in [3.8, 4) is 6.07 Å². The molecule has 0 aromatic carbocycles. The zero-order valence-electron chi connectivity index (χ0n) is 12.3. The SMILES string of the molecule is CCc1nc(CC)n(C2CC(CC)CCC2C#N)n1. The van der Waals surface area contributed by atoms with E-state index in [9.17, 15) is 5.26 Å². The summed E-state index contributed by atoms with van der Waals surface area (Å²) < 4.78 is 2.06. The molecule has 1 aromatic rings. The summed E-state index contributed by atoms with van der Waals surface area (Å²) in [4.78, 5) is 4.58. The Hall–Kier alpha value is -1.37. The van der Waals surface area contributed by atoms with Crippen molar-refractivity contribution in [3.05, 3.63) is 11.6 Å². The molecule has 0 aliphatic heterocycles. The highest BCUT2D eigenvalue weighted by molar-refractivity contribution is 5.01. The van der Waals surface area contributed by atoms with Crippen molar-refractivity contribution in [3.63, 3.8) is 0 Å². The molecule has 1 aliphatic carbocycles. The van der Waals surface area contributed by atoms with Gasteiger partial charge in [0.25, 0.3) is 0 Å². The molecule has 0 saturated heterocycles. The number of hydrogen-bond donors (Lipinski definition) is 0. The molecule has 4 heteroatoms. The predicted molar refractivity (Wildman–Crippen MR) is 74.6 cm³/mol. The first-order chi connectivity index (χ1) is 9.23. The fourth-order valence-corrected chi connectivity index (χ4v) is 3.08. The van der Waals surface area contributed by atoms with Crippen LogP contribution in [0.3, 0.4) is 0 Å². The van der Waals surface area contributed by atoms with Crippen LogP contribution in [-0.2, 0) is 12.8 Å². The largest absolute Gasteiger partial charge is 0.245 e. The quantitative estimate of drug-likeness (QED) is 0.834. The Labute approximate surface area is 115 Å². The Morgan fingerprint density at radius 2 is 2.05 bits per heavy atom. The van der Waals surface area contributed by atoms with Crippen LogP contribution in [0.4, 0.5) is 0 Å². The Morgan fingerprint density at radius 3 is 2.63 bits per heavy atom. The van der Waals surface area contributed by atoms with Crippen LogP contribution < -0.4 is 0 Å². The standard InChI is InChI=1S/C15H24N4/c1-4-11-7-8-12(10-16)13(9-11)19-15(6-3)17-14(5-2)18-19/h11-13H,4-9H2,1-3H3. The minimum absolute atomic E-state index is 0.0968. The number of nitriles is 1. The summed E-state index contributed by atoms with van der Waals surface area (Å²) in [5.74, 6) is 2.78. The Kier molecular flexibility index (Phi) is 4.57. The van der Waals surface area contributed by atoms with Gasteiger partial charge in [-0.1, -0.05) is 27.2 Å². The van der Waals surface area contributed by atoms with E-state index in [-0.39, 0.29) is 12.0 Å². The lowest BCUT2D eigenvalue weighted by molar-refractivity contribution is 0.199. The third-order valence-electron chi connectivity index (χ3n) is 4.36. The van der Waals surface area contributed by atoms with Gasteiger partial charge in [0, 0.05) is 12.8 Å². The number of aromatic nitrogens is 3. The predicted octanol–water partition coefficient (Wildman–Crippen LogP) is 3.29. The molecule has 104 valence electrons. The van der Waals surface area contributed by atoms with Gasteiger partial charge in [0.15, 0.2) is 5.82 Å². The Balaban J connectivity index is 2.30. The molecule has 0 radical (unpaired) electrons. The van der Waals surface area contributed by atoms with E-state index in [1.807, 2.05) is 0 Å². The minimum Gasteiger partial charge on any atom is -0.245 e. The number of nitrogens with zero attached hydrogens (tertiary/aromatic N) is 4. The van der Waals surface area contributed by atoms with Crippen molar-refractivity contribution in [1.29, 1.82) is 5.26 Å². The van der Waals surface area contributed by atoms with Crippen LogP contribution in [0.15, 0.2) is 0 Å². The molecule has 19 heavy (non-hydrogen) atoms.